The molecule has 0 saturated heterocycles. The Labute approximate surface area is 149 Å². The first-order valence-electron chi connectivity index (χ1n) is 8.94. The van der Waals surface area contributed by atoms with E-state index >= 15 is 0 Å². The van der Waals surface area contributed by atoms with Crippen LogP contribution in [-0.4, -0.2) is 13.2 Å². The number of rotatable bonds is 4. The molecule has 0 aliphatic carbocycles. The summed E-state index contributed by atoms with van der Waals surface area (Å²) < 4.78 is 12.2. The Balaban J connectivity index is 2.02. The SMILES string of the molecule is CCCc1cc(-c2ccccc2)c(-c2ccccc2)c2c1OCCO2. The van der Waals surface area contributed by atoms with Gasteiger partial charge in [0.05, 0.1) is 0 Å². The number of ether oxygens (including phenoxy) is 2. The van der Waals surface area contributed by atoms with Crippen LogP contribution in [0.2, 0.25) is 0 Å². The highest BCUT2D eigenvalue weighted by Gasteiger charge is 2.24. The molecular formula is C23H22O2. The van der Waals surface area contributed by atoms with Crippen molar-refractivity contribution in [1.29, 1.82) is 0 Å². The third-order valence-electron chi connectivity index (χ3n) is 4.56. The molecule has 0 bridgehead atoms. The van der Waals surface area contributed by atoms with E-state index in [0.29, 0.717) is 13.2 Å². The van der Waals surface area contributed by atoms with Gasteiger partial charge in [-0.15, -0.1) is 0 Å². The van der Waals surface area contributed by atoms with E-state index in [4.69, 9.17) is 9.47 Å². The first-order chi connectivity index (χ1) is 12.4. The van der Waals surface area contributed by atoms with Crippen molar-refractivity contribution in [2.75, 3.05) is 13.2 Å². The Hall–Kier alpha value is -2.74. The molecule has 0 amide bonds. The van der Waals surface area contributed by atoms with Crippen molar-refractivity contribution in [3.63, 3.8) is 0 Å². The Morgan fingerprint density at radius 3 is 2.00 bits per heavy atom. The van der Waals surface area contributed by atoms with Crippen LogP contribution >= 0.6 is 0 Å². The van der Waals surface area contributed by atoms with Crippen molar-refractivity contribution in [1.82, 2.24) is 0 Å². The second-order valence-corrected chi connectivity index (χ2v) is 6.30. The third kappa shape index (κ3) is 3.00. The van der Waals surface area contributed by atoms with Gasteiger partial charge in [0.2, 0.25) is 0 Å². The molecule has 0 fully saturated rings. The van der Waals surface area contributed by atoms with E-state index in [-0.39, 0.29) is 0 Å². The highest BCUT2D eigenvalue weighted by Crippen LogP contribution is 2.48. The summed E-state index contributed by atoms with van der Waals surface area (Å²) in [4.78, 5) is 0. The molecule has 0 N–H and O–H groups in total. The molecule has 0 spiro atoms. The highest BCUT2D eigenvalue weighted by atomic mass is 16.6. The standard InChI is InChI=1S/C23H22O2/c1-2-9-19-16-20(17-10-5-3-6-11-17)21(18-12-7-4-8-13-18)23-22(19)24-14-15-25-23/h3-8,10-13,16H,2,9,14-15H2,1H3. The number of hydrogen-bond donors (Lipinski definition) is 0. The molecule has 4 rings (SSSR count). The van der Waals surface area contributed by atoms with Gasteiger partial charge in [0.1, 0.15) is 13.2 Å². The summed E-state index contributed by atoms with van der Waals surface area (Å²) >= 11 is 0. The molecule has 2 nitrogen and oxygen atoms in total. The molecule has 3 aromatic rings. The quantitative estimate of drug-likeness (QED) is 0.607. The topological polar surface area (TPSA) is 18.5 Å². The van der Waals surface area contributed by atoms with E-state index in [2.05, 4.69) is 67.6 Å². The van der Waals surface area contributed by atoms with Crippen molar-refractivity contribution < 1.29 is 9.47 Å². The van der Waals surface area contributed by atoms with Gasteiger partial charge in [-0.05, 0) is 34.7 Å². The van der Waals surface area contributed by atoms with E-state index in [1.54, 1.807) is 0 Å². The minimum Gasteiger partial charge on any atom is -0.486 e. The predicted octanol–water partition coefficient (Wildman–Crippen LogP) is 5.74. The number of hydrogen-bond acceptors (Lipinski definition) is 2. The van der Waals surface area contributed by atoms with Crippen molar-refractivity contribution in [3.05, 3.63) is 72.3 Å². The smallest absolute Gasteiger partial charge is 0.170 e. The zero-order chi connectivity index (χ0) is 17.1. The fraction of sp³-hybridized carbons (Fsp3) is 0.217. The lowest BCUT2D eigenvalue weighted by Crippen LogP contribution is -2.17. The maximum absolute atomic E-state index is 6.13. The molecular weight excluding hydrogens is 308 g/mol. The van der Waals surface area contributed by atoms with Crippen LogP contribution < -0.4 is 9.47 Å². The average Bonchev–Trinajstić information content (AvgIpc) is 2.69. The second kappa shape index (κ2) is 7.02. The lowest BCUT2D eigenvalue weighted by molar-refractivity contribution is 0.171. The molecule has 0 radical (unpaired) electrons. The summed E-state index contributed by atoms with van der Waals surface area (Å²) in [6, 6.07) is 23.3. The Morgan fingerprint density at radius 1 is 0.760 bits per heavy atom. The van der Waals surface area contributed by atoms with Crippen LogP contribution in [0.1, 0.15) is 18.9 Å². The van der Waals surface area contributed by atoms with Crippen LogP contribution in [0.25, 0.3) is 22.3 Å². The highest BCUT2D eigenvalue weighted by molar-refractivity contribution is 5.90. The van der Waals surface area contributed by atoms with Gasteiger partial charge in [0.25, 0.3) is 0 Å². The number of benzene rings is 3. The van der Waals surface area contributed by atoms with Crippen LogP contribution in [-0.2, 0) is 6.42 Å². The van der Waals surface area contributed by atoms with Crippen molar-refractivity contribution in [3.8, 4) is 33.8 Å². The van der Waals surface area contributed by atoms with Crippen LogP contribution in [0.3, 0.4) is 0 Å². The monoisotopic (exact) mass is 330 g/mol. The van der Waals surface area contributed by atoms with Crippen LogP contribution in [0, 0.1) is 0 Å². The second-order valence-electron chi connectivity index (χ2n) is 6.30. The summed E-state index contributed by atoms with van der Waals surface area (Å²) in [6.07, 6.45) is 2.06. The lowest BCUT2D eigenvalue weighted by atomic mass is 9.90. The third-order valence-corrected chi connectivity index (χ3v) is 4.56. The van der Waals surface area contributed by atoms with Gasteiger partial charge in [-0.3, -0.25) is 0 Å². The molecule has 0 unspecified atom stereocenters. The molecule has 126 valence electrons. The van der Waals surface area contributed by atoms with Gasteiger partial charge in [-0.1, -0.05) is 74.0 Å². The normalized spacial score (nSPS) is 12.8. The summed E-state index contributed by atoms with van der Waals surface area (Å²) in [5, 5.41) is 0. The van der Waals surface area contributed by atoms with Crippen LogP contribution in [0.5, 0.6) is 11.5 Å². The van der Waals surface area contributed by atoms with Gasteiger partial charge in [-0.2, -0.15) is 0 Å². The van der Waals surface area contributed by atoms with Crippen molar-refractivity contribution >= 4 is 0 Å². The molecule has 3 aromatic carbocycles. The van der Waals surface area contributed by atoms with Crippen LogP contribution in [0.4, 0.5) is 0 Å². The number of fused-ring (bicyclic) bond motifs is 1. The van der Waals surface area contributed by atoms with E-state index < -0.39 is 0 Å². The summed E-state index contributed by atoms with van der Waals surface area (Å²) in [5.41, 5.74) is 5.93. The zero-order valence-electron chi connectivity index (χ0n) is 14.5. The van der Waals surface area contributed by atoms with Gasteiger partial charge in [0, 0.05) is 5.56 Å². The van der Waals surface area contributed by atoms with Crippen LogP contribution in [0.15, 0.2) is 66.7 Å². The summed E-state index contributed by atoms with van der Waals surface area (Å²) in [5.74, 6) is 1.81. The van der Waals surface area contributed by atoms with E-state index in [1.165, 1.54) is 16.7 Å². The maximum Gasteiger partial charge on any atom is 0.170 e. The van der Waals surface area contributed by atoms with Gasteiger partial charge < -0.3 is 9.47 Å². The molecule has 0 atom stereocenters. The van der Waals surface area contributed by atoms with E-state index in [0.717, 1.165) is 35.5 Å². The number of aryl methyl sites for hydroxylation is 1. The molecule has 0 saturated carbocycles. The fourth-order valence-corrected chi connectivity index (χ4v) is 3.47. The summed E-state index contributed by atoms with van der Waals surface area (Å²) in [6.45, 7) is 3.41. The Kier molecular flexibility index (Phi) is 4.43. The first kappa shape index (κ1) is 15.8. The molecule has 1 aliphatic rings. The molecule has 1 aliphatic heterocycles. The summed E-state index contributed by atoms with van der Waals surface area (Å²) in [7, 11) is 0. The Morgan fingerprint density at radius 2 is 1.36 bits per heavy atom. The maximum atomic E-state index is 6.13. The fourth-order valence-electron chi connectivity index (χ4n) is 3.47. The van der Waals surface area contributed by atoms with Gasteiger partial charge >= 0.3 is 0 Å². The van der Waals surface area contributed by atoms with Gasteiger partial charge in [-0.25, -0.2) is 0 Å². The first-order valence-corrected chi connectivity index (χ1v) is 8.94. The minimum absolute atomic E-state index is 0.594. The Bertz CT molecular complexity index is 854. The van der Waals surface area contributed by atoms with E-state index in [1.807, 2.05) is 6.07 Å². The van der Waals surface area contributed by atoms with E-state index in [9.17, 15) is 0 Å². The molecule has 1 heterocycles. The minimum atomic E-state index is 0.594. The van der Waals surface area contributed by atoms with Crippen molar-refractivity contribution in [2.24, 2.45) is 0 Å². The van der Waals surface area contributed by atoms with Gasteiger partial charge in [0.15, 0.2) is 11.5 Å². The predicted molar refractivity (Wildman–Crippen MR) is 102 cm³/mol. The molecule has 2 heteroatoms. The molecule has 0 aromatic heterocycles. The molecule has 25 heavy (non-hydrogen) atoms. The lowest BCUT2D eigenvalue weighted by Gasteiger charge is -2.26. The average molecular weight is 330 g/mol. The zero-order valence-corrected chi connectivity index (χ0v) is 14.5. The van der Waals surface area contributed by atoms with Crippen molar-refractivity contribution in [2.45, 2.75) is 19.8 Å². The largest absolute Gasteiger partial charge is 0.486 e.